The highest BCUT2D eigenvalue weighted by Crippen LogP contribution is 2.43. The van der Waals surface area contributed by atoms with Crippen LogP contribution >= 0.6 is 0 Å². The molecule has 0 saturated heterocycles. The van der Waals surface area contributed by atoms with E-state index in [2.05, 4.69) is 0 Å². The van der Waals surface area contributed by atoms with Gasteiger partial charge >= 0.3 is 0 Å². The fraction of sp³-hybridized carbons (Fsp3) is 0.400. The second-order valence-corrected chi connectivity index (χ2v) is 13.6. The van der Waals surface area contributed by atoms with Crippen LogP contribution in [0.15, 0.2) is 48.5 Å². The average molecular weight is 773 g/mol. The zero-order valence-corrected chi connectivity index (χ0v) is 31.8. The molecule has 56 heavy (non-hydrogen) atoms. The van der Waals surface area contributed by atoms with Crippen LogP contribution in [0.4, 0.5) is 22.7 Å². The highest BCUT2D eigenvalue weighted by atomic mass is 16.6. The van der Waals surface area contributed by atoms with E-state index in [9.17, 15) is 40.5 Å². The molecule has 4 aromatic carbocycles. The summed E-state index contributed by atoms with van der Waals surface area (Å²) in [5, 5.41) is 49.6. The maximum Gasteiger partial charge on any atom is 0.270 e. The topological polar surface area (TPSA) is 209 Å². The third kappa shape index (κ3) is 9.30. The van der Waals surface area contributed by atoms with Crippen LogP contribution in [-0.4, -0.2) is 47.1 Å². The molecule has 0 heterocycles. The number of ether oxygens (including phenoxy) is 4. The standard InChI is InChI=1S/C40H44N4O12/c1-5-7-9-11-55-39-29-14-27-19-33(41(45)46)17-25(37(27)53-3)13-26-18-34(42(47)48)20-28(38(26)54-4)15-30-22-36(44(51)52)24-32(40(30)56-12-10-8-6-2)16-31(39)23-35(21-29)43(49)50/h17-24H,5-16H2,1-4H3. The predicted octanol–water partition coefficient (Wildman–Crippen LogP) is 9.15. The minimum Gasteiger partial charge on any atom is -0.496 e. The van der Waals surface area contributed by atoms with E-state index in [0.717, 1.165) is 25.7 Å². The molecule has 0 spiro atoms. The van der Waals surface area contributed by atoms with E-state index < -0.39 is 19.7 Å². The molecule has 4 aromatic rings. The first-order chi connectivity index (χ1) is 26.9. The van der Waals surface area contributed by atoms with Crippen molar-refractivity contribution in [2.75, 3.05) is 27.4 Å². The van der Waals surface area contributed by atoms with Gasteiger partial charge in [-0.25, -0.2) is 0 Å². The van der Waals surface area contributed by atoms with Gasteiger partial charge in [0.2, 0.25) is 0 Å². The van der Waals surface area contributed by atoms with Gasteiger partial charge in [-0.2, -0.15) is 0 Å². The lowest BCUT2D eigenvalue weighted by molar-refractivity contribution is -0.385. The lowest BCUT2D eigenvalue weighted by atomic mass is 9.90. The second kappa shape index (κ2) is 18.3. The lowest BCUT2D eigenvalue weighted by Crippen LogP contribution is -2.11. The number of rotatable bonds is 16. The van der Waals surface area contributed by atoms with Crippen molar-refractivity contribution in [3.63, 3.8) is 0 Å². The van der Waals surface area contributed by atoms with E-state index in [4.69, 9.17) is 18.9 Å². The maximum absolute atomic E-state index is 12.5. The van der Waals surface area contributed by atoms with Crippen molar-refractivity contribution in [3.05, 3.63) is 133 Å². The van der Waals surface area contributed by atoms with Crippen LogP contribution in [0.2, 0.25) is 0 Å². The Kier molecular flexibility index (Phi) is 13.4. The van der Waals surface area contributed by atoms with Crippen molar-refractivity contribution in [1.82, 2.24) is 0 Å². The van der Waals surface area contributed by atoms with E-state index in [0.29, 0.717) is 68.8 Å². The average Bonchev–Trinajstić information content (AvgIpc) is 3.15. The van der Waals surface area contributed by atoms with Crippen LogP contribution < -0.4 is 18.9 Å². The van der Waals surface area contributed by atoms with Gasteiger partial charge < -0.3 is 18.9 Å². The summed E-state index contributed by atoms with van der Waals surface area (Å²) in [4.78, 5) is 47.3. The summed E-state index contributed by atoms with van der Waals surface area (Å²) < 4.78 is 24.6. The van der Waals surface area contributed by atoms with Gasteiger partial charge in [0.25, 0.3) is 22.7 Å². The van der Waals surface area contributed by atoms with Gasteiger partial charge in [0.1, 0.15) is 23.0 Å². The first-order valence-electron chi connectivity index (χ1n) is 18.4. The molecule has 16 heteroatoms. The van der Waals surface area contributed by atoms with E-state index in [1.54, 1.807) is 0 Å². The summed E-state index contributed by atoms with van der Waals surface area (Å²) in [7, 11) is 2.79. The monoisotopic (exact) mass is 772 g/mol. The van der Waals surface area contributed by atoms with Crippen LogP contribution in [0, 0.1) is 40.5 Å². The molecule has 0 unspecified atom stereocenters. The van der Waals surface area contributed by atoms with Gasteiger partial charge in [0, 0.05) is 119 Å². The maximum atomic E-state index is 12.5. The van der Waals surface area contributed by atoms with Gasteiger partial charge in [0.15, 0.2) is 0 Å². The van der Waals surface area contributed by atoms with Crippen molar-refractivity contribution in [2.24, 2.45) is 0 Å². The summed E-state index contributed by atoms with van der Waals surface area (Å²) in [5.41, 5.74) is 1.51. The van der Waals surface area contributed by atoms with Gasteiger partial charge in [0.05, 0.1) is 47.1 Å². The molecule has 1 aliphatic rings. The fourth-order valence-electron chi connectivity index (χ4n) is 7.18. The van der Waals surface area contributed by atoms with Crippen LogP contribution in [-0.2, 0) is 25.7 Å². The number of nitro groups is 4. The summed E-state index contributed by atoms with van der Waals surface area (Å²) in [6, 6.07) is 10.7. The van der Waals surface area contributed by atoms with Crippen molar-refractivity contribution in [2.45, 2.75) is 78.1 Å². The number of methoxy groups -OCH3 is 2. The number of non-ortho nitro benzene ring substituents is 4. The Morgan fingerprint density at radius 3 is 0.857 bits per heavy atom. The molecule has 0 amide bonds. The van der Waals surface area contributed by atoms with Gasteiger partial charge in [-0.3, -0.25) is 40.5 Å². The molecule has 0 aliphatic heterocycles. The number of benzene rings is 4. The quantitative estimate of drug-likeness (QED) is 0.0522. The fourth-order valence-corrected chi connectivity index (χ4v) is 7.18. The molecule has 0 N–H and O–H groups in total. The summed E-state index contributed by atoms with van der Waals surface area (Å²) >= 11 is 0. The molecular formula is C40H44N4O12. The summed E-state index contributed by atoms with van der Waals surface area (Å²) in [5.74, 6) is 1.10. The zero-order valence-electron chi connectivity index (χ0n) is 31.8. The van der Waals surface area contributed by atoms with Crippen LogP contribution in [0.25, 0.3) is 0 Å². The van der Waals surface area contributed by atoms with Gasteiger partial charge in [-0.05, 0) is 12.8 Å². The van der Waals surface area contributed by atoms with E-state index in [1.807, 2.05) is 13.8 Å². The molecule has 0 radical (unpaired) electrons. The molecule has 0 atom stereocenters. The van der Waals surface area contributed by atoms with Crippen molar-refractivity contribution >= 4 is 22.7 Å². The van der Waals surface area contributed by atoms with Crippen molar-refractivity contribution in [3.8, 4) is 23.0 Å². The smallest absolute Gasteiger partial charge is 0.270 e. The highest BCUT2D eigenvalue weighted by Gasteiger charge is 2.28. The Morgan fingerprint density at radius 1 is 0.429 bits per heavy atom. The van der Waals surface area contributed by atoms with E-state index in [1.165, 1.54) is 62.8 Å². The van der Waals surface area contributed by atoms with Crippen LogP contribution in [0.5, 0.6) is 23.0 Å². The second-order valence-electron chi connectivity index (χ2n) is 13.6. The Morgan fingerprint density at radius 2 is 0.661 bits per heavy atom. The number of nitrogens with zero attached hydrogens (tertiary/aromatic N) is 4. The lowest BCUT2D eigenvalue weighted by Gasteiger charge is -2.22. The molecule has 1 aliphatic carbocycles. The number of hydrogen-bond donors (Lipinski definition) is 0. The number of unbranched alkanes of at least 4 members (excludes halogenated alkanes) is 4. The zero-order chi connectivity index (χ0) is 40.5. The third-order valence-electron chi connectivity index (χ3n) is 9.67. The third-order valence-corrected chi connectivity index (χ3v) is 9.67. The number of fused-ring (bicyclic) bond motifs is 8. The molecule has 8 bridgehead atoms. The SMILES string of the molecule is CCCCCOc1c2cc([N+](=O)[O-])cc1Cc1cc([N+](=O)[O-])cc(c1OCCCCC)Cc1cc([N+](=O)[O-])cc(c1OC)Cc1cc([N+](=O)[O-])cc(c1OC)C2. The molecule has 0 saturated carbocycles. The molecule has 296 valence electrons. The normalized spacial score (nSPS) is 12.1. The molecule has 16 nitrogen and oxygen atoms in total. The van der Waals surface area contributed by atoms with Crippen molar-refractivity contribution in [1.29, 1.82) is 0 Å². The number of nitro benzene ring substituents is 4. The number of hydrogen-bond acceptors (Lipinski definition) is 12. The largest absolute Gasteiger partial charge is 0.496 e. The van der Waals surface area contributed by atoms with E-state index >= 15 is 0 Å². The molecule has 0 aromatic heterocycles. The van der Waals surface area contributed by atoms with Gasteiger partial charge in [-0.15, -0.1) is 0 Å². The van der Waals surface area contributed by atoms with Gasteiger partial charge in [-0.1, -0.05) is 39.5 Å². The molecule has 0 fully saturated rings. The minimum atomic E-state index is -0.566. The minimum absolute atomic E-state index is 0.0930. The summed E-state index contributed by atoms with van der Waals surface area (Å²) in [6.45, 7) is 4.60. The summed E-state index contributed by atoms with van der Waals surface area (Å²) in [6.07, 6.45) is 4.45. The van der Waals surface area contributed by atoms with Crippen LogP contribution in [0.1, 0.15) is 96.9 Å². The van der Waals surface area contributed by atoms with E-state index in [-0.39, 0.29) is 73.1 Å². The molecule has 5 rings (SSSR count). The highest BCUT2D eigenvalue weighted by molar-refractivity contribution is 5.62. The van der Waals surface area contributed by atoms with Crippen molar-refractivity contribution < 1.29 is 38.6 Å². The Labute approximate surface area is 323 Å². The Balaban J connectivity index is 1.91. The Hall–Kier alpha value is -6.32. The predicted molar refractivity (Wildman–Crippen MR) is 207 cm³/mol. The van der Waals surface area contributed by atoms with Crippen LogP contribution in [0.3, 0.4) is 0 Å². The Bertz CT molecular complexity index is 2000. The first-order valence-corrected chi connectivity index (χ1v) is 18.4. The molecular weight excluding hydrogens is 728 g/mol. The first kappa shape index (κ1) is 40.9.